The number of sulfonamides is 1. The van der Waals surface area contributed by atoms with Crippen LogP contribution in [0.25, 0.3) is 10.6 Å². The van der Waals surface area contributed by atoms with Gasteiger partial charge in [-0.2, -0.15) is 5.10 Å². The van der Waals surface area contributed by atoms with Gasteiger partial charge in [0, 0.05) is 12.3 Å². The van der Waals surface area contributed by atoms with E-state index in [0.29, 0.717) is 22.9 Å². The fourth-order valence-electron chi connectivity index (χ4n) is 3.60. The van der Waals surface area contributed by atoms with E-state index in [9.17, 15) is 8.42 Å². The van der Waals surface area contributed by atoms with Gasteiger partial charge >= 0.3 is 0 Å². The molecule has 154 valence electrons. The summed E-state index contributed by atoms with van der Waals surface area (Å²) in [6.07, 6.45) is 5.96. The van der Waals surface area contributed by atoms with Crippen molar-refractivity contribution < 1.29 is 17.9 Å². The van der Waals surface area contributed by atoms with Crippen molar-refractivity contribution in [2.45, 2.75) is 36.6 Å². The highest BCUT2D eigenvalue weighted by Crippen LogP contribution is 2.37. The lowest BCUT2D eigenvalue weighted by molar-refractivity contribution is 0.405. The molecule has 4 rings (SSSR count). The van der Waals surface area contributed by atoms with Crippen LogP contribution in [-0.4, -0.2) is 32.4 Å². The van der Waals surface area contributed by atoms with E-state index < -0.39 is 10.0 Å². The maximum Gasteiger partial charge on any atom is 0.265 e. The Morgan fingerprint density at radius 2 is 1.97 bits per heavy atom. The molecule has 0 spiro atoms. The zero-order valence-electron chi connectivity index (χ0n) is 16.3. The molecule has 1 aliphatic carbocycles. The zero-order chi connectivity index (χ0) is 20.4. The second-order valence-corrected chi connectivity index (χ2v) is 9.51. The van der Waals surface area contributed by atoms with Crippen LogP contribution in [0.1, 0.15) is 31.7 Å². The Bertz CT molecular complexity index is 1090. The van der Waals surface area contributed by atoms with E-state index in [2.05, 4.69) is 9.82 Å². The number of ether oxygens (including phenoxy) is 2. The van der Waals surface area contributed by atoms with E-state index in [4.69, 9.17) is 9.47 Å². The first-order valence-electron chi connectivity index (χ1n) is 9.39. The second kappa shape index (κ2) is 8.08. The molecule has 7 nitrogen and oxygen atoms in total. The number of benzene rings is 1. The molecule has 9 heteroatoms. The lowest BCUT2D eigenvalue weighted by Gasteiger charge is -2.13. The van der Waals surface area contributed by atoms with Crippen LogP contribution in [0.5, 0.6) is 11.5 Å². The van der Waals surface area contributed by atoms with Gasteiger partial charge in [-0.25, -0.2) is 8.42 Å². The molecule has 0 bridgehead atoms. The minimum absolute atomic E-state index is 0.164. The standard InChI is InChI=1S/C20H23N3O4S2/c1-26-15-9-10-17(27-2)16(12-15)22-29(24,25)19-13-23(14-6-3-4-7-14)21-20(19)18-8-5-11-28-18/h5,8-14,22H,3-4,6-7H2,1-2H3. The molecule has 0 radical (unpaired) electrons. The molecule has 2 heterocycles. The molecule has 0 saturated heterocycles. The Kier molecular flexibility index (Phi) is 5.51. The SMILES string of the molecule is COc1ccc(OC)c(NS(=O)(=O)c2cn(C3CCCC3)nc2-c2cccs2)c1. The summed E-state index contributed by atoms with van der Waals surface area (Å²) in [6, 6.07) is 9.00. The predicted molar refractivity (Wildman–Crippen MR) is 113 cm³/mol. The van der Waals surface area contributed by atoms with E-state index in [1.165, 1.54) is 25.6 Å². The number of aromatic nitrogens is 2. The van der Waals surface area contributed by atoms with Gasteiger partial charge in [0.05, 0.1) is 30.8 Å². The molecular formula is C20H23N3O4S2. The van der Waals surface area contributed by atoms with Crippen LogP contribution in [0.2, 0.25) is 0 Å². The lowest BCUT2D eigenvalue weighted by atomic mass is 10.3. The van der Waals surface area contributed by atoms with Gasteiger partial charge in [0.2, 0.25) is 0 Å². The van der Waals surface area contributed by atoms with Crippen molar-refractivity contribution in [1.82, 2.24) is 9.78 Å². The average Bonchev–Trinajstić information content (AvgIpc) is 3.48. The quantitative estimate of drug-likeness (QED) is 0.591. The van der Waals surface area contributed by atoms with Gasteiger partial charge in [-0.15, -0.1) is 11.3 Å². The summed E-state index contributed by atoms with van der Waals surface area (Å²) in [4.78, 5) is 0.983. The molecule has 0 unspecified atom stereocenters. The van der Waals surface area contributed by atoms with E-state index in [-0.39, 0.29) is 10.9 Å². The number of thiophene rings is 1. The Morgan fingerprint density at radius 1 is 1.17 bits per heavy atom. The molecule has 1 fully saturated rings. The number of nitrogens with zero attached hydrogens (tertiary/aromatic N) is 2. The summed E-state index contributed by atoms with van der Waals surface area (Å²) in [5.41, 5.74) is 0.791. The monoisotopic (exact) mass is 433 g/mol. The van der Waals surface area contributed by atoms with Crippen molar-refractivity contribution in [2.75, 3.05) is 18.9 Å². The third kappa shape index (κ3) is 3.97. The first kappa shape index (κ1) is 19.8. The van der Waals surface area contributed by atoms with Crippen LogP contribution in [0.4, 0.5) is 5.69 Å². The highest BCUT2D eigenvalue weighted by Gasteiger charge is 2.28. The van der Waals surface area contributed by atoms with E-state index >= 15 is 0 Å². The molecule has 3 aromatic rings. The molecular weight excluding hydrogens is 410 g/mol. The van der Waals surface area contributed by atoms with Crippen molar-refractivity contribution in [3.05, 3.63) is 41.9 Å². The van der Waals surface area contributed by atoms with Crippen molar-refractivity contribution in [3.8, 4) is 22.1 Å². The van der Waals surface area contributed by atoms with Gasteiger partial charge in [-0.05, 0) is 36.4 Å². The maximum atomic E-state index is 13.4. The van der Waals surface area contributed by atoms with Crippen LogP contribution in [0.3, 0.4) is 0 Å². The predicted octanol–water partition coefficient (Wildman–Crippen LogP) is 4.54. The first-order chi connectivity index (χ1) is 14.0. The van der Waals surface area contributed by atoms with Crippen molar-refractivity contribution in [1.29, 1.82) is 0 Å². The van der Waals surface area contributed by atoms with Crippen LogP contribution in [0.15, 0.2) is 46.8 Å². The van der Waals surface area contributed by atoms with Crippen molar-refractivity contribution >= 4 is 27.0 Å². The highest BCUT2D eigenvalue weighted by molar-refractivity contribution is 7.92. The molecule has 1 N–H and O–H groups in total. The fourth-order valence-corrected chi connectivity index (χ4v) is 5.60. The Balaban J connectivity index is 1.76. The van der Waals surface area contributed by atoms with Crippen LogP contribution < -0.4 is 14.2 Å². The molecule has 1 aromatic carbocycles. The number of anilines is 1. The minimum atomic E-state index is -3.90. The maximum absolute atomic E-state index is 13.4. The lowest BCUT2D eigenvalue weighted by Crippen LogP contribution is -2.14. The summed E-state index contributed by atoms with van der Waals surface area (Å²) >= 11 is 1.47. The zero-order valence-corrected chi connectivity index (χ0v) is 17.9. The molecule has 1 saturated carbocycles. The summed E-state index contributed by atoms with van der Waals surface area (Å²) in [6.45, 7) is 0. The molecule has 1 aliphatic rings. The van der Waals surface area contributed by atoms with Gasteiger partial charge < -0.3 is 9.47 Å². The molecule has 0 amide bonds. The van der Waals surface area contributed by atoms with Crippen LogP contribution in [0, 0.1) is 0 Å². The Morgan fingerprint density at radius 3 is 2.62 bits per heavy atom. The van der Waals surface area contributed by atoms with Crippen molar-refractivity contribution in [3.63, 3.8) is 0 Å². The number of rotatable bonds is 7. The van der Waals surface area contributed by atoms with Gasteiger partial charge in [0.25, 0.3) is 10.0 Å². The smallest absolute Gasteiger partial charge is 0.265 e. The molecule has 0 atom stereocenters. The van der Waals surface area contributed by atoms with Gasteiger partial charge in [0.1, 0.15) is 22.1 Å². The summed E-state index contributed by atoms with van der Waals surface area (Å²) in [7, 11) is -0.875. The first-order valence-corrected chi connectivity index (χ1v) is 11.8. The number of methoxy groups -OCH3 is 2. The summed E-state index contributed by atoms with van der Waals surface area (Å²) in [5, 5.41) is 6.59. The third-order valence-corrected chi connectivity index (χ3v) is 7.34. The third-order valence-electron chi connectivity index (χ3n) is 5.09. The summed E-state index contributed by atoms with van der Waals surface area (Å²) < 4.78 is 41.7. The second-order valence-electron chi connectivity index (χ2n) is 6.91. The molecule has 2 aromatic heterocycles. The minimum Gasteiger partial charge on any atom is -0.497 e. The summed E-state index contributed by atoms with van der Waals surface area (Å²) in [5.74, 6) is 0.943. The van der Waals surface area contributed by atoms with Gasteiger partial charge in [-0.1, -0.05) is 18.9 Å². The van der Waals surface area contributed by atoms with E-state index in [1.807, 2.05) is 22.2 Å². The number of nitrogens with one attached hydrogen (secondary N) is 1. The Labute approximate surface area is 174 Å². The molecule has 0 aliphatic heterocycles. The fraction of sp³-hybridized carbons (Fsp3) is 0.350. The van der Waals surface area contributed by atoms with Crippen LogP contribution in [-0.2, 0) is 10.0 Å². The van der Waals surface area contributed by atoms with E-state index in [0.717, 1.165) is 30.6 Å². The largest absolute Gasteiger partial charge is 0.497 e. The molecule has 29 heavy (non-hydrogen) atoms. The Hall–Kier alpha value is -2.52. The van der Waals surface area contributed by atoms with E-state index in [1.54, 1.807) is 24.4 Å². The van der Waals surface area contributed by atoms with Gasteiger partial charge in [0.15, 0.2) is 0 Å². The number of hydrogen-bond donors (Lipinski definition) is 1. The normalized spacial score (nSPS) is 14.8. The van der Waals surface area contributed by atoms with Crippen molar-refractivity contribution in [2.24, 2.45) is 0 Å². The topological polar surface area (TPSA) is 82.5 Å². The average molecular weight is 434 g/mol. The number of hydrogen-bond acceptors (Lipinski definition) is 6. The van der Waals surface area contributed by atoms with Crippen LogP contribution >= 0.6 is 11.3 Å². The highest BCUT2D eigenvalue weighted by atomic mass is 32.2. The van der Waals surface area contributed by atoms with Gasteiger partial charge in [-0.3, -0.25) is 9.40 Å².